The highest BCUT2D eigenvalue weighted by Crippen LogP contribution is 2.35. The van der Waals surface area contributed by atoms with Gasteiger partial charge in [0.1, 0.15) is 42.2 Å². The third kappa shape index (κ3) is 5.77. The van der Waals surface area contributed by atoms with Crippen LogP contribution in [0.1, 0.15) is 13.8 Å². The van der Waals surface area contributed by atoms with Crippen molar-refractivity contribution in [3.05, 3.63) is 34.7 Å². The minimum absolute atomic E-state index is 0.0122. The molecule has 210 valence electrons. The molecule has 0 amide bonds. The standard InChI is InChI=1S/C24H30O14/c1-9-17(27)20(30)22(35-10(2)25)24(34-9)33-8-15-18(28)19(29)21(31)23(38-15)37-14-7-12-11(6-13(14)32-3)4-5-16(26)36-12/h4-7,9,15,17-24,27-31H,8H2,1-3H3. The van der Waals surface area contributed by atoms with Gasteiger partial charge in [-0.1, -0.05) is 0 Å². The molecule has 0 aliphatic carbocycles. The van der Waals surface area contributed by atoms with Crippen molar-refractivity contribution in [3.8, 4) is 11.5 Å². The monoisotopic (exact) mass is 542 g/mol. The van der Waals surface area contributed by atoms with E-state index in [1.54, 1.807) is 0 Å². The number of methoxy groups -OCH3 is 1. The Morgan fingerprint density at radius 1 is 0.921 bits per heavy atom. The van der Waals surface area contributed by atoms with Crippen molar-refractivity contribution in [2.24, 2.45) is 0 Å². The quantitative estimate of drug-likeness (QED) is 0.198. The van der Waals surface area contributed by atoms with Gasteiger partial charge in [0, 0.05) is 24.4 Å². The molecule has 1 aromatic carbocycles. The first kappa shape index (κ1) is 28.2. The first-order chi connectivity index (χ1) is 18.0. The first-order valence-electron chi connectivity index (χ1n) is 11.8. The van der Waals surface area contributed by atoms with Gasteiger partial charge >= 0.3 is 11.6 Å². The van der Waals surface area contributed by atoms with Crippen LogP contribution in [0.5, 0.6) is 11.5 Å². The topological polar surface area (TPSA) is 204 Å². The molecule has 2 aliphatic rings. The normalized spacial score (nSPS) is 35.6. The predicted octanol–water partition coefficient (Wildman–Crippen LogP) is -1.60. The fourth-order valence-electron chi connectivity index (χ4n) is 4.25. The zero-order chi connectivity index (χ0) is 27.7. The van der Waals surface area contributed by atoms with Gasteiger partial charge in [0.05, 0.1) is 19.8 Å². The molecule has 5 N–H and O–H groups in total. The lowest BCUT2D eigenvalue weighted by molar-refractivity contribution is -0.320. The fraction of sp³-hybridized carbons (Fsp3) is 0.583. The van der Waals surface area contributed by atoms with E-state index in [1.165, 1.54) is 38.3 Å². The number of carbonyl (C=O) groups is 1. The van der Waals surface area contributed by atoms with Crippen molar-refractivity contribution in [1.29, 1.82) is 0 Å². The van der Waals surface area contributed by atoms with E-state index in [2.05, 4.69) is 0 Å². The van der Waals surface area contributed by atoms with Gasteiger partial charge in [-0.25, -0.2) is 4.79 Å². The van der Waals surface area contributed by atoms with Crippen molar-refractivity contribution >= 4 is 16.9 Å². The molecule has 0 bridgehead atoms. The minimum atomic E-state index is -1.73. The Morgan fingerprint density at radius 2 is 1.66 bits per heavy atom. The lowest BCUT2D eigenvalue weighted by Crippen LogP contribution is -2.62. The number of benzene rings is 1. The van der Waals surface area contributed by atoms with E-state index in [1.807, 2.05) is 0 Å². The molecule has 2 fully saturated rings. The summed E-state index contributed by atoms with van der Waals surface area (Å²) < 4.78 is 38.1. The van der Waals surface area contributed by atoms with Crippen LogP contribution in [0, 0.1) is 0 Å². The summed E-state index contributed by atoms with van der Waals surface area (Å²) in [6, 6.07) is 5.65. The summed E-state index contributed by atoms with van der Waals surface area (Å²) in [5, 5.41) is 52.4. The van der Waals surface area contributed by atoms with Gasteiger partial charge in [-0.05, 0) is 19.1 Å². The summed E-state index contributed by atoms with van der Waals surface area (Å²) in [6.07, 6.45) is -14.4. The molecule has 10 atom stereocenters. The molecular formula is C24H30O14. The third-order valence-corrected chi connectivity index (χ3v) is 6.33. The molecule has 3 heterocycles. The van der Waals surface area contributed by atoms with Gasteiger partial charge in [-0.3, -0.25) is 4.79 Å². The first-order valence-corrected chi connectivity index (χ1v) is 11.8. The summed E-state index contributed by atoms with van der Waals surface area (Å²) in [7, 11) is 1.37. The van der Waals surface area contributed by atoms with Crippen LogP contribution in [0.2, 0.25) is 0 Å². The van der Waals surface area contributed by atoms with E-state index in [4.69, 9.17) is 32.8 Å². The van der Waals surface area contributed by atoms with Crippen molar-refractivity contribution in [1.82, 2.24) is 0 Å². The molecule has 2 aromatic rings. The van der Waals surface area contributed by atoms with Crippen LogP contribution in [0.4, 0.5) is 0 Å². The number of aliphatic hydroxyl groups excluding tert-OH is 5. The number of fused-ring (bicyclic) bond motifs is 1. The van der Waals surface area contributed by atoms with E-state index < -0.39 is 79.6 Å². The van der Waals surface area contributed by atoms with Gasteiger partial charge in [-0.2, -0.15) is 0 Å². The third-order valence-electron chi connectivity index (χ3n) is 6.33. The Kier molecular flexibility index (Phi) is 8.54. The number of ether oxygens (including phenoxy) is 6. The van der Waals surface area contributed by atoms with Gasteiger partial charge < -0.3 is 58.4 Å². The summed E-state index contributed by atoms with van der Waals surface area (Å²) in [5.74, 6) is -0.538. The second-order valence-electron chi connectivity index (χ2n) is 9.03. The van der Waals surface area contributed by atoms with Gasteiger partial charge in [0.2, 0.25) is 6.29 Å². The molecule has 2 aliphatic heterocycles. The van der Waals surface area contributed by atoms with Crippen LogP contribution < -0.4 is 15.1 Å². The number of esters is 1. The largest absolute Gasteiger partial charge is 0.493 e. The second kappa shape index (κ2) is 11.5. The Hall–Kier alpha value is -2.82. The Bertz CT molecular complexity index is 1180. The SMILES string of the molecule is COc1cc2ccc(=O)oc2cc1OC1OC(COC2OC(C)C(O)C(O)C2OC(C)=O)C(O)C(O)C1O. The lowest BCUT2D eigenvalue weighted by atomic mass is 9.98. The van der Waals surface area contributed by atoms with Crippen LogP contribution in [-0.2, 0) is 23.7 Å². The van der Waals surface area contributed by atoms with Crippen molar-refractivity contribution < 1.29 is 63.2 Å². The summed E-state index contributed by atoms with van der Waals surface area (Å²) >= 11 is 0. The predicted molar refractivity (Wildman–Crippen MR) is 124 cm³/mol. The summed E-state index contributed by atoms with van der Waals surface area (Å²) in [4.78, 5) is 23.1. The Labute approximate surface area is 215 Å². The van der Waals surface area contributed by atoms with Crippen LogP contribution in [-0.4, -0.2) is 107 Å². The molecule has 38 heavy (non-hydrogen) atoms. The molecule has 14 heteroatoms. The highest BCUT2D eigenvalue weighted by molar-refractivity contribution is 5.80. The van der Waals surface area contributed by atoms with Crippen molar-refractivity contribution in [2.45, 2.75) is 75.3 Å². The summed E-state index contributed by atoms with van der Waals surface area (Å²) in [6.45, 7) is 2.11. The van der Waals surface area contributed by atoms with E-state index in [0.29, 0.717) is 5.39 Å². The van der Waals surface area contributed by atoms with E-state index >= 15 is 0 Å². The average Bonchev–Trinajstić information content (AvgIpc) is 2.88. The molecular weight excluding hydrogens is 512 g/mol. The van der Waals surface area contributed by atoms with E-state index in [9.17, 15) is 35.1 Å². The zero-order valence-corrected chi connectivity index (χ0v) is 20.7. The molecule has 0 saturated carbocycles. The number of carbonyl (C=O) groups excluding carboxylic acids is 1. The van der Waals surface area contributed by atoms with Gasteiger partial charge in [0.25, 0.3) is 0 Å². The van der Waals surface area contributed by atoms with E-state index in [-0.39, 0.29) is 17.1 Å². The maximum atomic E-state index is 11.6. The highest BCUT2D eigenvalue weighted by Gasteiger charge is 2.48. The number of rotatable bonds is 7. The van der Waals surface area contributed by atoms with Crippen LogP contribution >= 0.6 is 0 Å². The Balaban J connectivity index is 1.51. The molecule has 10 unspecified atom stereocenters. The Morgan fingerprint density at radius 3 is 2.34 bits per heavy atom. The highest BCUT2D eigenvalue weighted by atomic mass is 16.7. The van der Waals surface area contributed by atoms with Crippen LogP contribution in [0.25, 0.3) is 11.0 Å². The minimum Gasteiger partial charge on any atom is -0.493 e. The molecule has 1 aromatic heterocycles. The van der Waals surface area contributed by atoms with Gasteiger partial charge in [0.15, 0.2) is 23.9 Å². The van der Waals surface area contributed by atoms with Crippen LogP contribution in [0.15, 0.2) is 33.5 Å². The average molecular weight is 542 g/mol. The smallest absolute Gasteiger partial charge is 0.336 e. The number of hydrogen-bond donors (Lipinski definition) is 5. The van der Waals surface area contributed by atoms with E-state index in [0.717, 1.165) is 6.92 Å². The second-order valence-corrected chi connectivity index (χ2v) is 9.03. The molecule has 0 radical (unpaired) electrons. The molecule has 0 spiro atoms. The molecule has 2 saturated heterocycles. The number of aliphatic hydroxyl groups is 5. The summed E-state index contributed by atoms with van der Waals surface area (Å²) in [5.41, 5.74) is -0.429. The fourth-order valence-corrected chi connectivity index (χ4v) is 4.25. The lowest BCUT2D eigenvalue weighted by Gasteiger charge is -2.43. The van der Waals surface area contributed by atoms with Crippen LogP contribution in [0.3, 0.4) is 0 Å². The maximum absolute atomic E-state index is 11.6. The van der Waals surface area contributed by atoms with Crippen molar-refractivity contribution in [3.63, 3.8) is 0 Å². The molecule has 4 rings (SSSR count). The number of hydrogen-bond acceptors (Lipinski definition) is 14. The molecule has 14 nitrogen and oxygen atoms in total. The zero-order valence-electron chi connectivity index (χ0n) is 20.7. The van der Waals surface area contributed by atoms with Crippen molar-refractivity contribution in [2.75, 3.05) is 13.7 Å². The maximum Gasteiger partial charge on any atom is 0.336 e. The van der Waals surface area contributed by atoms with Gasteiger partial charge in [-0.15, -0.1) is 0 Å².